The number of benzene rings is 4. The first-order chi connectivity index (χ1) is 17.3. The topological polar surface area (TPSA) is 95.0 Å². The number of phenols is 1. The van der Waals surface area contributed by atoms with E-state index in [0.29, 0.717) is 22.9 Å². The number of carbonyl (C=O) groups is 4. The molecule has 176 valence electrons. The predicted molar refractivity (Wildman–Crippen MR) is 135 cm³/mol. The zero-order chi connectivity index (χ0) is 25.3. The minimum absolute atomic E-state index is 0.0805. The van der Waals surface area contributed by atoms with E-state index in [-0.39, 0.29) is 33.7 Å². The molecule has 4 aromatic rings. The molecule has 0 fully saturated rings. The van der Waals surface area contributed by atoms with E-state index in [1.165, 1.54) is 29.2 Å². The summed E-state index contributed by atoms with van der Waals surface area (Å²) in [4.78, 5) is 56.6. The third kappa shape index (κ3) is 2.80. The van der Waals surface area contributed by atoms with Gasteiger partial charge < -0.3 is 5.11 Å². The van der Waals surface area contributed by atoms with Crippen molar-refractivity contribution in [2.75, 3.05) is 9.80 Å². The van der Waals surface area contributed by atoms with Crippen molar-refractivity contribution in [1.82, 2.24) is 0 Å². The number of aromatic hydroxyl groups is 1. The Labute approximate surface area is 206 Å². The normalized spacial score (nSPS) is 14.7. The molecule has 1 N–H and O–H groups in total. The summed E-state index contributed by atoms with van der Waals surface area (Å²) in [6.45, 7) is 3.82. The molecule has 0 radical (unpaired) electrons. The summed E-state index contributed by atoms with van der Waals surface area (Å²) >= 11 is 0. The van der Waals surface area contributed by atoms with Gasteiger partial charge >= 0.3 is 0 Å². The average molecular weight is 476 g/mol. The second-order valence-corrected chi connectivity index (χ2v) is 8.92. The van der Waals surface area contributed by atoms with Gasteiger partial charge in [-0.3, -0.25) is 19.2 Å². The highest BCUT2D eigenvalue weighted by atomic mass is 16.3. The van der Waals surface area contributed by atoms with E-state index in [4.69, 9.17) is 0 Å². The molecule has 4 aromatic carbocycles. The van der Waals surface area contributed by atoms with Crippen molar-refractivity contribution in [3.63, 3.8) is 0 Å². The molecule has 0 atom stereocenters. The second kappa shape index (κ2) is 7.61. The largest absolute Gasteiger partial charge is 0.508 e. The number of hydrogen-bond acceptors (Lipinski definition) is 5. The lowest BCUT2D eigenvalue weighted by Gasteiger charge is -2.33. The summed E-state index contributed by atoms with van der Waals surface area (Å²) in [5, 5.41) is 10.5. The van der Waals surface area contributed by atoms with E-state index in [9.17, 15) is 24.3 Å². The Bertz CT molecular complexity index is 1620. The molecule has 36 heavy (non-hydrogen) atoms. The minimum atomic E-state index is -0.587. The van der Waals surface area contributed by atoms with Crippen LogP contribution >= 0.6 is 0 Å². The van der Waals surface area contributed by atoms with Gasteiger partial charge in [-0.1, -0.05) is 31.2 Å². The Hall–Kier alpha value is -4.78. The number of nitrogens with zero attached hydrogens (tertiary/aromatic N) is 2. The monoisotopic (exact) mass is 476 g/mol. The van der Waals surface area contributed by atoms with Crippen LogP contribution in [-0.2, 0) is 6.42 Å². The third-order valence-corrected chi connectivity index (χ3v) is 6.91. The maximum atomic E-state index is 13.7. The van der Waals surface area contributed by atoms with Crippen LogP contribution in [0.1, 0.15) is 59.5 Å². The Morgan fingerprint density at radius 3 is 1.67 bits per heavy atom. The molecule has 6 rings (SSSR count). The first-order valence-corrected chi connectivity index (χ1v) is 11.6. The molecule has 4 amide bonds. The maximum absolute atomic E-state index is 13.7. The Kier molecular flexibility index (Phi) is 4.60. The number of aryl methyl sites for hydroxylation is 2. The second-order valence-electron chi connectivity index (χ2n) is 8.92. The fourth-order valence-electron chi connectivity index (χ4n) is 5.27. The van der Waals surface area contributed by atoms with Gasteiger partial charge in [0.25, 0.3) is 23.6 Å². The van der Waals surface area contributed by atoms with Gasteiger partial charge in [-0.15, -0.1) is 0 Å². The summed E-state index contributed by atoms with van der Waals surface area (Å²) in [5.41, 5.74) is 3.43. The Balaban J connectivity index is 1.57. The number of para-hydroxylation sites is 1. The quantitative estimate of drug-likeness (QED) is 0.419. The van der Waals surface area contributed by atoms with Crippen molar-refractivity contribution < 1.29 is 24.3 Å². The molecule has 2 aliphatic rings. The molecule has 0 aliphatic carbocycles. The van der Waals surface area contributed by atoms with Crippen LogP contribution in [0.4, 0.5) is 11.4 Å². The van der Waals surface area contributed by atoms with Gasteiger partial charge in [-0.25, -0.2) is 9.80 Å². The number of anilines is 2. The maximum Gasteiger partial charge on any atom is 0.266 e. The van der Waals surface area contributed by atoms with Crippen LogP contribution in [0, 0.1) is 6.92 Å². The van der Waals surface area contributed by atoms with Gasteiger partial charge in [0.2, 0.25) is 0 Å². The molecule has 7 heteroatoms. The molecule has 7 nitrogen and oxygen atoms in total. The summed E-state index contributed by atoms with van der Waals surface area (Å²) in [6, 6.07) is 17.7. The van der Waals surface area contributed by atoms with E-state index in [0.717, 1.165) is 16.0 Å². The van der Waals surface area contributed by atoms with Gasteiger partial charge in [0, 0.05) is 39.1 Å². The van der Waals surface area contributed by atoms with Crippen molar-refractivity contribution in [1.29, 1.82) is 0 Å². The molecule has 2 aliphatic heterocycles. The fourth-order valence-corrected chi connectivity index (χ4v) is 5.27. The van der Waals surface area contributed by atoms with Crippen LogP contribution in [0.2, 0.25) is 0 Å². The Morgan fingerprint density at radius 2 is 1.17 bits per heavy atom. The lowest BCUT2D eigenvalue weighted by atomic mass is 9.85. The van der Waals surface area contributed by atoms with Crippen molar-refractivity contribution in [2.45, 2.75) is 20.3 Å². The van der Waals surface area contributed by atoms with Crippen molar-refractivity contribution in [3.05, 3.63) is 100 Å². The predicted octanol–water partition coefficient (Wildman–Crippen LogP) is 5.02. The number of carbonyl (C=O) groups excluding carboxylic acids is 4. The molecular weight excluding hydrogens is 456 g/mol. The van der Waals surface area contributed by atoms with Gasteiger partial charge in [-0.2, -0.15) is 0 Å². The van der Waals surface area contributed by atoms with Gasteiger partial charge in [0.15, 0.2) is 0 Å². The molecule has 0 saturated carbocycles. The summed E-state index contributed by atoms with van der Waals surface area (Å²) in [5.74, 6) is -2.23. The van der Waals surface area contributed by atoms with Crippen LogP contribution in [0.3, 0.4) is 0 Å². The summed E-state index contributed by atoms with van der Waals surface area (Å²) < 4.78 is 0. The average Bonchev–Trinajstić information content (AvgIpc) is 2.87. The molecule has 2 heterocycles. The van der Waals surface area contributed by atoms with E-state index in [1.54, 1.807) is 24.3 Å². The van der Waals surface area contributed by atoms with Crippen molar-refractivity contribution >= 4 is 45.8 Å². The standard InChI is InChI=1S/C29H20N2O5/c1-3-16-7-4-6-15(2)25(16)31-28(35)21-12-10-19-23-20(11-13-22(24(21)23)29(31)36)27(34)30(26(19)33)17-8-5-9-18(32)14-17/h4-14,32H,3H2,1-2H3. The molecule has 0 aromatic heterocycles. The highest BCUT2D eigenvalue weighted by molar-refractivity contribution is 6.42. The van der Waals surface area contributed by atoms with Crippen LogP contribution < -0.4 is 9.80 Å². The number of rotatable bonds is 3. The van der Waals surface area contributed by atoms with Crippen molar-refractivity contribution in [3.8, 4) is 5.75 Å². The number of phenolic OH excluding ortho intramolecular Hbond substituents is 1. The minimum Gasteiger partial charge on any atom is -0.508 e. The molecule has 0 spiro atoms. The van der Waals surface area contributed by atoms with Crippen LogP contribution in [0.15, 0.2) is 66.7 Å². The smallest absolute Gasteiger partial charge is 0.266 e. The van der Waals surface area contributed by atoms with Crippen molar-refractivity contribution in [2.24, 2.45) is 0 Å². The van der Waals surface area contributed by atoms with E-state index in [2.05, 4.69) is 0 Å². The van der Waals surface area contributed by atoms with Crippen LogP contribution in [-0.4, -0.2) is 28.7 Å². The number of hydrogen-bond donors (Lipinski definition) is 1. The highest BCUT2D eigenvalue weighted by Gasteiger charge is 2.41. The van der Waals surface area contributed by atoms with E-state index >= 15 is 0 Å². The van der Waals surface area contributed by atoms with Crippen LogP contribution in [0.5, 0.6) is 5.75 Å². The molecule has 0 bridgehead atoms. The zero-order valence-electron chi connectivity index (χ0n) is 19.5. The highest BCUT2D eigenvalue weighted by Crippen LogP contribution is 2.41. The summed E-state index contributed by atoms with van der Waals surface area (Å²) in [7, 11) is 0. The third-order valence-electron chi connectivity index (χ3n) is 6.91. The zero-order valence-corrected chi connectivity index (χ0v) is 19.5. The fraction of sp³-hybridized carbons (Fsp3) is 0.103. The molecule has 0 unspecified atom stereocenters. The van der Waals surface area contributed by atoms with Gasteiger partial charge in [-0.05, 0) is 60.9 Å². The van der Waals surface area contributed by atoms with Gasteiger partial charge in [0.05, 0.1) is 11.4 Å². The first kappa shape index (κ1) is 21.7. The van der Waals surface area contributed by atoms with E-state index in [1.807, 2.05) is 32.0 Å². The molecular formula is C29H20N2O5. The van der Waals surface area contributed by atoms with E-state index < -0.39 is 23.6 Å². The number of amides is 4. The van der Waals surface area contributed by atoms with Crippen LogP contribution in [0.25, 0.3) is 10.8 Å². The summed E-state index contributed by atoms with van der Waals surface area (Å²) in [6.07, 6.45) is 0.641. The number of imide groups is 2. The molecule has 0 saturated heterocycles. The first-order valence-electron chi connectivity index (χ1n) is 11.6. The Morgan fingerprint density at radius 1 is 0.667 bits per heavy atom. The lowest BCUT2D eigenvalue weighted by molar-refractivity contribution is 0.0872. The SMILES string of the molecule is CCc1cccc(C)c1N1C(=O)c2ccc3c4c(ccc(c24)C1=O)C(=O)N(c1cccc(O)c1)C3=O. The van der Waals surface area contributed by atoms with Gasteiger partial charge in [0.1, 0.15) is 5.75 Å². The lowest BCUT2D eigenvalue weighted by Crippen LogP contribution is -2.44.